The molecule has 0 unspecified atom stereocenters. The number of cyclic esters (lactones) is 1. The number of rotatable bonds is 5. The largest absolute Gasteiger partial charge is 0.507 e. The van der Waals surface area contributed by atoms with Gasteiger partial charge in [0.2, 0.25) is 0 Å². The van der Waals surface area contributed by atoms with Gasteiger partial charge < -0.3 is 14.6 Å². The third-order valence-electron chi connectivity index (χ3n) is 3.00. The third-order valence-corrected chi connectivity index (χ3v) is 4.64. The second-order valence-electron chi connectivity index (χ2n) is 4.01. The number of phenolic OH excluding ortho intramolecular Hbond substituents is 1. The van der Waals surface area contributed by atoms with Crippen molar-refractivity contribution in [3.63, 3.8) is 0 Å². The van der Waals surface area contributed by atoms with Crippen molar-refractivity contribution in [3.05, 3.63) is 28.8 Å². The van der Waals surface area contributed by atoms with Gasteiger partial charge in [-0.05, 0) is 33.7 Å². The molecule has 2 rings (SSSR count). The van der Waals surface area contributed by atoms with Gasteiger partial charge in [0.05, 0.1) is 12.2 Å². The van der Waals surface area contributed by atoms with E-state index in [4.69, 9.17) is 9.47 Å². The highest BCUT2D eigenvalue weighted by molar-refractivity contribution is 14.2. The number of hydrogen-bond acceptors (Lipinski definition) is 5. The molecule has 6 heteroatoms. The maximum Gasteiger partial charge on any atom is 0.342 e. The highest BCUT2D eigenvalue weighted by Crippen LogP contribution is 2.42. The van der Waals surface area contributed by atoms with Crippen LogP contribution in [0.5, 0.6) is 11.5 Å². The van der Waals surface area contributed by atoms with Crippen molar-refractivity contribution in [1.29, 1.82) is 0 Å². The summed E-state index contributed by atoms with van der Waals surface area (Å²) in [6, 6.07) is 0. The molecule has 1 aromatic rings. The zero-order valence-electron chi connectivity index (χ0n) is 10.4. The minimum Gasteiger partial charge on any atom is -0.507 e. The maximum atomic E-state index is 11.8. The van der Waals surface area contributed by atoms with Crippen LogP contribution < -0.4 is 4.74 Å². The van der Waals surface area contributed by atoms with E-state index in [0.717, 1.165) is 5.75 Å². The van der Waals surface area contributed by atoms with Gasteiger partial charge >= 0.3 is 5.97 Å². The summed E-state index contributed by atoms with van der Waals surface area (Å²) in [5.74, 6) is 0.860. The van der Waals surface area contributed by atoms with E-state index < -0.39 is 5.97 Å². The number of benzene rings is 1. The predicted octanol–water partition coefficient (Wildman–Crippen LogP) is 3.48. The molecule has 0 spiro atoms. The SMILES string of the molecule is C=Cc1c(O)c(C)c2c(c1OCCSI)C(=O)OC2. The molecule has 1 N–H and O–H groups in total. The Labute approximate surface area is 127 Å². The zero-order valence-corrected chi connectivity index (χ0v) is 13.3. The number of carbonyl (C=O) groups excluding carboxylic acids is 1. The fourth-order valence-electron chi connectivity index (χ4n) is 2.03. The lowest BCUT2D eigenvalue weighted by atomic mass is 9.97. The molecule has 1 aliphatic heterocycles. The molecule has 1 aromatic carbocycles. The van der Waals surface area contributed by atoms with E-state index in [2.05, 4.69) is 27.8 Å². The molecular formula is C13H13IO4S. The number of hydrogen-bond donors (Lipinski definition) is 1. The van der Waals surface area contributed by atoms with Gasteiger partial charge in [0.25, 0.3) is 0 Å². The Balaban J connectivity index is 2.55. The molecule has 0 radical (unpaired) electrons. The molecular weight excluding hydrogens is 379 g/mol. The van der Waals surface area contributed by atoms with Crippen LogP contribution in [0.15, 0.2) is 6.58 Å². The Hall–Kier alpha value is -0.890. The molecule has 0 saturated carbocycles. The zero-order chi connectivity index (χ0) is 14.0. The van der Waals surface area contributed by atoms with E-state index in [1.807, 2.05) is 0 Å². The van der Waals surface area contributed by atoms with Crippen LogP contribution in [0.1, 0.15) is 27.0 Å². The summed E-state index contributed by atoms with van der Waals surface area (Å²) in [6.45, 7) is 6.07. The molecule has 0 saturated heterocycles. The molecule has 4 nitrogen and oxygen atoms in total. The van der Waals surface area contributed by atoms with Crippen molar-refractivity contribution in [3.8, 4) is 11.5 Å². The Bertz CT molecular complexity index is 542. The number of ether oxygens (including phenoxy) is 2. The van der Waals surface area contributed by atoms with Crippen molar-refractivity contribution in [2.45, 2.75) is 13.5 Å². The summed E-state index contributed by atoms with van der Waals surface area (Å²) < 4.78 is 10.7. The first-order valence-corrected chi connectivity index (χ1v) is 9.19. The lowest BCUT2D eigenvalue weighted by Gasteiger charge is -2.15. The molecule has 19 heavy (non-hydrogen) atoms. The van der Waals surface area contributed by atoms with Crippen LogP contribution in [0, 0.1) is 6.92 Å². The first-order chi connectivity index (χ1) is 9.11. The lowest BCUT2D eigenvalue weighted by molar-refractivity contribution is 0.0532. The monoisotopic (exact) mass is 392 g/mol. The average molecular weight is 392 g/mol. The Kier molecular flexibility index (Phi) is 4.62. The number of carbonyl (C=O) groups is 1. The van der Waals surface area contributed by atoms with Gasteiger partial charge in [-0.25, -0.2) is 4.79 Å². The van der Waals surface area contributed by atoms with Gasteiger partial charge in [0, 0.05) is 11.3 Å². The molecule has 0 atom stereocenters. The number of aromatic hydroxyl groups is 1. The smallest absolute Gasteiger partial charge is 0.342 e. The molecule has 0 aliphatic carbocycles. The molecule has 0 fully saturated rings. The lowest BCUT2D eigenvalue weighted by Crippen LogP contribution is -2.07. The summed E-state index contributed by atoms with van der Waals surface area (Å²) in [5, 5.41) is 10.2. The minimum atomic E-state index is -0.404. The van der Waals surface area contributed by atoms with Gasteiger partial charge in [-0.1, -0.05) is 21.6 Å². The van der Waals surface area contributed by atoms with Crippen LogP contribution in [0.3, 0.4) is 0 Å². The maximum absolute atomic E-state index is 11.8. The van der Waals surface area contributed by atoms with E-state index in [0.29, 0.717) is 34.6 Å². The quantitative estimate of drug-likeness (QED) is 0.473. The number of esters is 1. The van der Waals surface area contributed by atoms with E-state index in [9.17, 15) is 9.90 Å². The van der Waals surface area contributed by atoms with Crippen LogP contribution in [-0.2, 0) is 11.3 Å². The normalized spacial score (nSPS) is 13.1. The van der Waals surface area contributed by atoms with Gasteiger partial charge in [0.1, 0.15) is 23.7 Å². The topological polar surface area (TPSA) is 55.8 Å². The summed E-state index contributed by atoms with van der Waals surface area (Å²) in [4.78, 5) is 11.8. The molecule has 1 heterocycles. The molecule has 102 valence electrons. The van der Waals surface area contributed by atoms with Gasteiger partial charge in [-0.2, -0.15) is 0 Å². The Morgan fingerprint density at radius 3 is 3.00 bits per heavy atom. The first-order valence-electron chi connectivity index (χ1n) is 5.66. The third kappa shape index (κ3) is 2.55. The van der Waals surface area contributed by atoms with Crippen molar-refractivity contribution < 1.29 is 19.4 Å². The Morgan fingerprint density at radius 1 is 1.63 bits per heavy atom. The standard InChI is InChI=1S/C13H13IO4S/c1-3-8-11(15)7(2)9-6-18-13(16)10(9)12(8)17-4-5-19-14/h3,15H,1,4-6H2,2H3. The van der Waals surface area contributed by atoms with Crippen molar-refractivity contribution in [2.75, 3.05) is 12.4 Å². The van der Waals surface area contributed by atoms with E-state index in [1.54, 1.807) is 15.9 Å². The average Bonchev–Trinajstić information content (AvgIpc) is 2.78. The van der Waals surface area contributed by atoms with Crippen LogP contribution in [0.25, 0.3) is 6.08 Å². The fraction of sp³-hybridized carbons (Fsp3) is 0.308. The summed E-state index contributed by atoms with van der Waals surface area (Å²) in [7, 11) is 1.62. The van der Waals surface area contributed by atoms with E-state index in [-0.39, 0.29) is 12.4 Å². The fourth-order valence-corrected chi connectivity index (χ4v) is 2.72. The summed E-state index contributed by atoms with van der Waals surface area (Å²) in [6.07, 6.45) is 1.50. The van der Waals surface area contributed by atoms with Crippen LogP contribution in [-0.4, -0.2) is 23.4 Å². The number of phenols is 1. The number of fused-ring (bicyclic) bond motifs is 1. The molecule has 0 bridgehead atoms. The highest BCUT2D eigenvalue weighted by atomic mass is 127. The number of halogens is 1. The van der Waals surface area contributed by atoms with Crippen molar-refractivity contribution >= 4 is 42.2 Å². The van der Waals surface area contributed by atoms with Gasteiger partial charge in [-0.15, -0.1) is 0 Å². The second-order valence-corrected chi connectivity index (χ2v) is 6.51. The predicted molar refractivity (Wildman–Crippen MR) is 84.0 cm³/mol. The van der Waals surface area contributed by atoms with Gasteiger partial charge in [-0.3, -0.25) is 0 Å². The molecule has 0 amide bonds. The molecule has 0 aromatic heterocycles. The van der Waals surface area contributed by atoms with Gasteiger partial charge in [0.15, 0.2) is 0 Å². The minimum absolute atomic E-state index is 0.101. The summed E-state index contributed by atoms with van der Waals surface area (Å²) in [5.41, 5.74) is 2.22. The van der Waals surface area contributed by atoms with Crippen LogP contribution >= 0.6 is 30.1 Å². The Morgan fingerprint density at radius 2 is 2.37 bits per heavy atom. The van der Waals surface area contributed by atoms with Crippen LogP contribution in [0.2, 0.25) is 0 Å². The highest BCUT2D eigenvalue weighted by Gasteiger charge is 2.32. The molecule has 1 aliphatic rings. The second kappa shape index (κ2) is 6.04. The van der Waals surface area contributed by atoms with Crippen LogP contribution in [0.4, 0.5) is 0 Å². The summed E-state index contributed by atoms with van der Waals surface area (Å²) >= 11 is 2.18. The van der Waals surface area contributed by atoms with E-state index >= 15 is 0 Å². The van der Waals surface area contributed by atoms with Crippen molar-refractivity contribution in [1.82, 2.24) is 0 Å². The van der Waals surface area contributed by atoms with E-state index in [1.165, 1.54) is 6.08 Å². The van der Waals surface area contributed by atoms with Crippen molar-refractivity contribution in [2.24, 2.45) is 0 Å². The first kappa shape index (κ1) is 14.5.